The van der Waals surface area contributed by atoms with Crippen molar-refractivity contribution in [2.24, 2.45) is 7.05 Å². The Kier molecular flexibility index (Phi) is 6.60. The number of amides is 1. The Hall–Kier alpha value is -4.64. The smallest absolute Gasteiger partial charge is 0.335 e. The van der Waals surface area contributed by atoms with Gasteiger partial charge >= 0.3 is 11.9 Å². The number of ether oxygens (including phenoxy) is 1. The number of aromatic nitrogens is 3. The Bertz CT molecular complexity index is 1620. The van der Waals surface area contributed by atoms with Crippen molar-refractivity contribution in [2.45, 2.75) is 46.1 Å². The van der Waals surface area contributed by atoms with Crippen LogP contribution in [0.2, 0.25) is 0 Å². The highest BCUT2D eigenvalue weighted by molar-refractivity contribution is 6.11. The lowest BCUT2D eigenvalue weighted by atomic mass is 9.99. The van der Waals surface area contributed by atoms with Gasteiger partial charge in [0.25, 0.3) is 5.88 Å². The van der Waals surface area contributed by atoms with E-state index in [1.807, 2.05) is 19.1 Å². The predicted octanol–water partition coefficient (Wildman–Crippen LogP) is 5.43. The van der Waals surface area contributed by atoms with E-state index in [2.05, 4.69) is 29.9 Å². The molecule has 1 aliphatic rings. The summed E-state index contributed by atoms with van der Waals surface area (Å²) in [7, 11) is 1.80. The predicted molar refractivity (Wildman–Crippen MR) is 145 cm³/mol. The van der Waals surface area contributed by atoms with Gasteiger partial charge in [0.15, 0.2) is 5.52 Å². The summed E-state index contributed by atoms with van der Waals surface area (Å²) in [5.74, 6) is 5.28. The van der Waals surface area contributed by atoms with Gasteiger partial charge in [0, 0.05) is 7.05 Å². The number of carbonyl (C=O) groups is 2. The second kappa shape index (κ2) is 10.0. The van der Waals surface area contributed by atoms with Crippen molar-refractivity contribution in [3.05, 3.63) is 76.3 Å². The monoisotopic (exact) mass is 508 g/mol. The maximum atomic E-state index is 13.4. The molecule has 1 N–H and O–H groups in total. The van der Waals surface area contributed by atoms with Gasteiger partial charge in [-0.05, 0) is 98.0 Å². The highest BCUT2D eigenvalue weighted by Crippen LogP contribution is 2.46. The van der Waals surface area contributed by atoms with Crippen LogP contribution < -0.4 is 9.64 Å². The zero-order valence-corrected chi connectivity index (χ0v) is 21.8. The first-order valence-corrected chi connectivity index (χ1v) is 12.4. The molecule has 8 heteroatoms. The van der Waals surface area contributed by atoms with Gasteiger partial charge in [0.05, 0.1) is 16.8 Å². The molecule has 0 atom stereocenters. The number of hydrogen-bond donors (Lipinski definition) is 1. The van der Waals surface area contributed by atoms with Gasteiger partial charge in [-0.15, -0.1) is 5.10 Å². The van der Waals surface area contributed by atoms with E-state index in [9.17, 15) is 9.59 Å². The molecule has 2 aromatic carbocycles. The summed E-state index contributed by atoms with van der Waals surface area (Å²) in [6, 6.07) is 14.4. The topological polar surface area (TPSA) is 97.6 Å². The van der Waals surface area contributed by atoms with Gasteiger partial charge in [0.1, 0.15) is 12.4 Å². The third kappa shape index (κ3) is 4.83. The standard InChI is InChI=1S/C30H28N4O4/c1-5-6-27(35)34(25-16-19(3)18(2)15-23(25)21-11-12-21)26-14-13-24-28(31-26)29(32-33(24)4)38-17-20-7-9-22(10-8-20)30(36)37/h7-10,13-16,21H,11-12,17H2,1-4H3,(H,36,37). The average Bonchev–Trinajstić information content (AvgIpc) is 3.69. The third-order valence-electron chi connectivity index (χ3n) is 6.79. The van der Waals surface area contributed by atoms with E-state index in [1.54, 1.807) is 41.8 Å². The van der Waals surface area contributed by atoms with Crippen LogP contribution in [-0.2, 0) is 18.4 Å². The van der Waals surface area contributed by atoms with Gasteiger partial charge in [0.2, 0.25) is 0 Å². The first-order chi connectivity index (χ1) is 18.3. The lowest BCUT2D eigenvalue weighted by Crippen LogP contribution is -2.26. The number of carboxylic acid groups (broad SMARTS) is 1. The lowest BCUT2D eigenvalue weighted by Gasteiger charge is -2.24. The highest BCUT2D eigenvalue weighted by Gasteiger charge is 2.31. The minimum absolute atomic E-state index is 0.185. The Morgan fingerprint density at radius 1 is 1.11 bits per heavy atom. The zero-order valence-electron chi connectivity index (χ0n) is 21.8. The number of aromatic carboxylic acids is 1. The molecule has 1 fully saturated rings. The lowest BCUT2D eigenvalue weighted by molar-refractivity contribution is -0.112. The summed E-state index contributed by atoms with van der Waals surface area (Å²) in [5.41, 5.74) is 6.49. The van der Waals surface area contributed by atoms with Crippen LogP contribution in [0.15, 0.2) is 48.5 Å². The normalized spacial score (nSPS) is 12.6. The molecule has 1 saturated carbocycles. The van der Waals surface area contributed by atoms with E-state index in [-0.39, 0.29) is 18.1 Å². The van der Waals surface area contributed by atoms with Crippen LogP contribution in [-0.4, -0.2) is 31.7 Å². The number of hydrogen-bond acceptors (Lipinski definition) is 5. The maximum Gasteiger partial charge on any atom is 0.335 e. The van der Waals surface area contributed by atoms with E-state index in [4.69, 9.17) is 14.8 Å². The van der Waals surface area contributed by atoms with Crippen LogP contribution in [0.25, 0.3) is 11.0 Å². The molecule has 5 rings (SSSR count). The number of pyridine rings is 1. The van der Waals surface area contributed by atoms with Gasteiger partial charge in [-0.3, -0.25) is 14.4 Å². The van der Waals surface area contributed by atoms with Crippen molar-refractivity contribution in [3.8, 4) is 17.7 Å². The Morgan fingerprint density at radius 2 is 1.82 bits per heavy atom. The molecule has 4 aromatic rings. The maximum absolute atomic E-state index is 13.4. The fraction of sp³-hybridized carbons (Fsp3) is 0.267. The summed E-state index contributed by atoms with van der Waals surface area (Å²) in [4.78, 5) is 30.9. The number of carbonyl (C=O) groups excluding carboxylic acids is 1. The molecule has 1 aliphatic carbocycles. The van der Waals surface area contributed by atoms with Crippen LogP contribution in [0.3, 0.4) is 0 Å². The van der Waals surface area contributed by atoms with Crippen molar-refractivity contribution in [1.29, 1.82) is 0 Å². The SMILES string of the molecule is CC#CC(=O)N(c1ccc2c(n1)c(OCc1ccc(C(=O)O)cc1)nn2C)c1cc(C)c(C)cc1C1CC1. The van der Waals surface area contributed by atoms with Gasteiger partial charge in [-0.25, -0.2) is 9.78 Å². The minimum atomic E-state index is -0.981. The molecule has 38 heavy (non-hydrogen) atoms. The van der Waals surface area contributed by atoms with E-state index >= 15 is 0 Å². The number of aryl methyl sites for hydroxylation is 3. The molecule has 0 saturated heterocycles. The van der Waals surface area contributed by atoms with Gasteiger partial charge in [-0.1, -0.05) is 24.1 Å². The van der Waals surface area contributed by atoms with Crippen molar-refractivity contribution in [3.63, 3.8) is 0 Å². The third-order valence-corrected chi connectivity index (χ3v) is 6.79. The summed E-state index contributed by atoms with van der Waals surface area (Å²) in [5, 5.41) is 13.6. The van der Waals surface area contributed by atoms with E-state index in [0.29, 0.717) is 23.1 Å². The zero-order chi connectivity index (χ0) is 27.0. The van der Waals surface area contributed by atoms with Crippen LogP contribution >= 0.6 is 0 Å². The number of fused-ring (bicyclic) bond motifs is 1. The Labute approximate surface area is 220 Å². The van der Waals surface area contributed by atoms with Crippen molar-refractivity contribution in [1.82, 2.24) is 14.8 Å². The average molecular weight is 509 g/mol. The van der Waals surface area contributed by atoms with Crippen molar-refractivity contribution < 1.29 is 19.4 Å². The molecule has 2 heterocycles. The van der Waals surface area contributed by atoms with Gasteiger partial charge < -0.3 is 9.84 Å². The first kappa shape index (κ1) is 25.0. The summed E-state index contributed by atoms with van der Waals surface area (Å²) >= 11 is 0. The molecule has 0 spiro atoms. The molecule has 8 nitrogen and oxygen atoms in total. The number of anilines is 2. The molecule has 0 aliphatic heterocycles. The van der Waals surface area contributed by atoms with Crippen LogP contribution in [0, 0.1) is 25.7 Å². The second-order valence-electron chi connectivity index (χ2n) is 9.54. The molecule has 0 unspecified atom stereocenters. The second-order valence-corrected chi connectivity index (χ2v) is 9.54. The Balaban J connectivity index is 1.55. The van der Waals surface area contributed by atoms with E-state index in [0.717, 1.165) is 40.7 Å². The molecule has 0 bridgehead atoms. The number of nitrogens with zero attached hydrogens (tertiary/aromatic N) is 4. The minimum Gasteiger partial charge on any atom is -0.478 e. The molecular weight excluding hydrogens is 480 g/mol. The van der Waals surface area contributed by atoms with Crippen LogP contribution in [0.5, 0.6) is 5.88 Å². The summed E-state index contributed by atoms with van der Waals surface area (Å²) in [6.07, 6.45) is 2.19. The van der Waals surface area contributed by atoms with Crippen molar-refractivity contribution in [2.75, 3.05) is 4.90 Å². The van der Waals surface area contributed by atoms with Crippen LogP contribution in [0.1, 0.15) is 58.3 Å². The molecule has 1 amide bonds. The highest BCUT2D eigenvalue weighted by atomic mass is 16.5. The van der Waals surface area contributed by atoms with Crippen molar-refractivity contribution >= 4 is 34.4 Å². The summed E-state index contributed by atoms with van der Waals surface area (Å²) in [6.45, 7) is 5.95. The first-order valence-electron chi connectivity index (χ1n) is 12.4. The molecular formula is C30H28N4O4. The van der Waals surface area contributed by atoms with Gasteiger partial charge in [-0.2, -0.15) is 0 Å². The summed E-state index contributed by atoms with van der Waals surface area (Å²) < 4.78 is 7.69. The Morgan fingerprint density at radius 3 is 2.47 bits per heavy atom. The number of rotatable bonds is 7. The van der Waals surface area contributed by atoms with E-state index in [1.165, 1.54) is 17.7 Å². The molecule has 0 radical (unpaired) electrons. The fourth-order valence-corrected chi connectivity index (χ4v) is 4.45. The molecule has 192 valence electrons. The quantitative estimate of drug-likeness (QED) is 0.335. The fourth-order valence-electron chi connectivity index (χ4n) is 4.45. The number of carboxylic acids is 1. The van der Waals surface area contributed by atoms with E-state index < -0.39 is 5.97 Å². The molecule has 2 aromatic heterocycles. The number of benzene rings is 2. The largest absolute Gasteiger partial charge is 0.478 e. The van der Waals surface area contributed by atoms with Crippen LogP contribution in [0.4, 0.5) is 11.5 Å².